The van der Waals surface area contributed by atoms with Gasteiger partial charge in [0.1, 0.15) is 0 Å². The average molecular weight is 335 g/mol. The van der Waals surface area contributed by atoms with Gasteiger partial charge in [0.25, 0.3) is 0 Å². The second-order valence-electron chi connectivity index (χ2n) is 5.50. The van der Waals surface area contributed by atoms with Crippen LogP contribution < -0.4 is 5.73 Å². The highest BCUT2D eigenvalue weighted by atomic mass is 35.5. The molecule has 5 heteroatoms. The molecule has 0 spiro atoms. The molecule has 3 nitrogen and oxygen atoms in total. The van der Waals surface area contributed by atoms with Crippen LogP contribution in [-0.4, -0.2) is 35.7 Å². The number of halogens is 1. The maximum absolute atomic E-state index is 12.4. The molecule has 2 N–H and O–H groups in total. The number of hydrogen-bond donors (Lipinski definition) is 1. The molecular weight excluding hydrogens is 316 g/mol. The van der Waals surface area contributed by atoms with Crippen molar-refractivity contribution in [2.75, 3.05) is 18.8 Å². The topological polar surface area (TPSA) is 46.3 Å². The SMILES string of the molecule is NCC1CCCN1C(=O)CSc1cccc2cccc(Cl)c12. The van der Waals surface area contributed by atoms with Gasteiger partial charge in [-0.1, -0.05) is 35.9 Å². The lowest BCUT2D eigenvalue weighted by Crippen LogP contribution is -2.40. The fourth-order valence-electron chi connectivity index (χ4n) is 3.01. The Balaban J connectivity index is 1.76. The van der Waals surface area contributed by atoms with Gasteiger partial charge in [-0.25, -0.2) is 0 Å². The number of nitrogens with two attached hydrogens (primary N) is 1. The van der Waals surface area contributed by atoms with Crippen LogP contribution in [0.25, 0.3) is 10.8 Å². The van der Waals surface area contributed by atoms with Gasteiger partial charge in [0.2, 0.25) is 5.91 Å². The standard InChI is InChI=1S/C17H19ClN2OS/c18-14-7-1-4-12-5-2-8-15(17(12)14)22-11-16(21)20-9-3-6-13(20)10-19/h1-2,4-5,7-8,13H,3,6,9-11,19H2. The number of hydrogen-bond acceptors (Lipinski definition) is 3. The Kier molecular flexibility index (Phi) is 4.91. The molecule has 1 atom stereocenters. The first kappa shape index (κ1) is 15.7. The fourth-order valence-corrected chi connectivity index (χ4v) is 4.35. The van der Waals surface area contributed by atoms with E-state index in [1.54, 1.807) is 11.8 Å². The monoisotopic (exact) mass is 334 g/mol. The minimum absolute atomic E-state index is 0.169. The third kappa shape index (κ3) is 3.09. The largest absolute Gasteiger partial charge is 0.338 e. The number of nitrogens with zero attached hydrogens (tertiary/aromatic N) is 1. The minimum atomic E-state index is 0.169. The van der Waals surface area contributed by atoms with Crippen LogP contribution in [0.15, 0.2) is 41.3 Å². The molecule has 1 amide bonds. The van der Waals surface area contributed by atoms with Gasteiger partial charge in [-0.05, 0) is 30.4 Å². The lowest BCUT2D eigenvalue weighted by Gasteiger charge is -2.23. The highest BCUT2D eigenvalue weighted by Gasteiger charge is 2.27. The molecule has 0 bridgehead atoms. The number of rotatable bonds is 4. The van der Waals surface area contributed by atoms with Crippen molar-refractivity contribution in [3.05, 3.63) is 41.4 Å². The second kappa shape index (κ2) is 6.90. The lowest BCUT2D eigenvalue weighted by atomic mass is 10.1. The summed E-state index contributed by atoms with van der Waals surface area (Å²) in [6.45, 7) is 1.38. The number of benzene rings is 2. The van der Waals surface area contributed by atoms with Crippen molar-refractivity contribution in [3.63, 3.8) is 0 Å². The van der Waals surface area contributed by atoms with Gasteiger partial charge in [-0.3, -0.25) is 4.79 Å². The Bertz CT molecular complexity index is 686. The first-order valence-electron chi connectivity index (χ1n) is 7.50. The highest BCUT2D eigenvalue weighted by Crippen LogP contribution is 2.33. The van der Waals surface area contributed by atoms with Crippen molar-refractivity contribution in [1.29, 1.82) is 0 Å². The van der Waals surface area contributed by atoms with Crippen molar-refractivity contribution in [3.8, 4) is 0 Å². The first-order valence-corrected chi connectivity index (χ1v) is 8.86. The number of carbonyl (C=O) groups excluding carboxylic acids is 1. The molecule has 0 aliphatic carbocycles. The van der Waals surface area contributed by atoms with Crippen LogP contribution in [0, 0.1) is 0 Å². The van der Waals surface area contributed by atoms with Crippen LogP contribution in [-0.2, 0) is 4.79 Å². The van der Waals surface area contributed by atoms with Crippen LogP contribution >= 0.6 is 23.4 Å². The summed E-state index contributed by atoms with van der Waals surface area (Å²) in [6.07, 6.45) is 2.07. The van der Waals surface area contributed by atoms with E-state index < -0.39 is 0 Å². The first-order chi connectivity index (χ1) is 10.7. The number of fused-ring (bicyclic) bond motifs is 1. The lowest BCUT2D eigenvalue weighted by molar-refractivity contribution is -0.128. The fraction of sp³-hybridized carbons (Fsp3) is 0.353. The van der Waals surface area contributed by atoms with Gasteiger partial charge in [-0.2, -0.15) is 0 Å². The van der Waals surface area contributed by atoms with Crippen LogP contribution in [0.2, 0.25) is 5.02 Å². The number of carbonyl (C=O) groups is 1. The Morgan fingerprint density at radius 2 is 2.09 bits per heavy atom. The number of thioether (sulfide) groups is 1. The van der Waals surface area contributed by atoms with Gasteiger partial charge in [0, 0.05) is 34.4 Å². The summed E-state index contributed by atoms with van der Waals surface area (Å²) in [6, 6.07) is 12.2. The van der Waals surface area contributed by atoms with Crippen LogP contribution in [0.4, 0.5) is 0 Å². The molecule has 22 heavy (non-hydrogen) atoms. The molecule has 2 aromatic carbocycles. The summed E-state index contributed by atoms with van der Waals surface area (Å²) in [5.41, 5.74) is 5.75. The molecule has 0 aromatic heterocycles. The van der Waals surface area contributed by atoms with Crippen molar-refractivity contribution in [2.45, 2.75) is 23.8 Å². The van der Waals surface area contributed by atoms with E-state index in [-0.39, 0.29) is 11.9 Å². The summed E-state index contributed by atoms with van der Waals surface area (Å²) in [5.74, 6) is 0.600. The zero-order valence-electron chi connectivity index (χ0n) is 12.3. The van der Waals surface area contributed by atoms with E-state index in [9.17, 15) is 4.79 Å². The Labute approximate surface area is 139 Å². The maximum Gasteiger partial charge on any atom is 0.233 e. The van der Waals surface area contributed by atoms with Crippen molar-refractivity contribution in [2.24, 2.45) is 5.73 Å². The van der Waals surface area contributed by atoms with Crippen molar-refractivity contribution < 1.29 is 4.79 Å². The Morgan fingerprint density at radius 3 is 2.86 bits per heavy atom. The van der Waals surface area contributed by atoms with Crippen LogP contribution in [0.5, 0.6) is 0 Å². The molecule has 1 aliphatic rings. The summed E-state index contributed by atoms with van der Waals surface area (Å²) in [5, 5.41) is 2.86. The zero-order chi connectivity index (χ0) is 15.5. The van der Waals surface area contributed by atoms with Gasteiger partial charge < -0.3 is 10.6 Å². The molecule has 2 aromatic rings. The van der Waals surface area contributed by atoms with E-state index >= 15 is 0 Å². The predicted octanol–water partition coefficient (Wildman–Crippen LogP) is 3.54. The molecule has 3 rings (SSSR count). The molecule has 1 fully saturated rings. The molecule has 116 valence electrons. The highest BCUT2D eigenvalue weighted by molar-refractivity contribution is 8.00. The maximum atomic E-state index is 12.4. The van der Waals surface area contributed by atoms with E-state index in [0.29, 0.717) is 12.3 Å². The van der Waals surface area contributed by atoms with Crippen molar-refractivity contribution >= 4 is 40.0 Å². The van der Waals surface area contributed by atoms with E-state index in [4.69, 9.17) is 17.3 Å². The van der Waals surface area contributed by atoms with Gasteiger partial charge in [0.05, 0.1) is 5.75 Å². The minimum Gasteiger partial charge on any atom is -0.338 e. The Hall–Kier alpha value is -1.23. The summed E-state index contributed by atoms with van der Waals surface area (Å²) in [7, 11) is 0. The molecule has 1 unspecified atom stereocenters. The van der Waals surface area contributed by atoms with Gasteiger partial charge in [-0.15, -0.1) is 11.8 Å². The normalized spacial score (nSPS) is 18.1. The summed E-state index contributed by atoms with van der Waals surface area (Å²) < 4.78 is 0. The van der Waals surface area contributed by atoms with Crippen LogP contribution in [0.3, 0.4) is 0 Å². The number of likely N-dealkylation sites (tertiary alicyclic amines) is 1. The third-order valence-corrected chi connectivity index (χ3v) is 5.49. The zero-order valence-corrected chi connectivity index (χ0v) is 13.9. The van der Waals surface area contributed by atoms with E-state index in [1.807, 2.05) is 41.3 Å². The quantitative estimate of drug-likeness (QED) is 0.870. The summed E-state index contributed by atoms with van der Waals surface area (Å²) in [4.78, 5) is 15.4. The number of amides is 1. The molecule has 0 saturated carbocycles. The van der Waals surface area contributed by atoms with Gasteiger partial charge in [0.15, 0.2) is 0 Å². The van der Waals surface area contributed by atoms with Crippen LogP contribution in [0.1, 0.15) is 12.8 Å². The molecule has 0 radical (unpaired) electrons. The van der Waals surface area contributed by atoms with E-state index in [1.165, 1.54) is 0 Å². The molecule has 1 aliphatic heterocycles. The molecule has 1 saturated heterocycles. The summed E-state index contributed by atoms with van der Waals surface area (Å²) >= 11 is 7.88. The third-order valence-electron chi connectivity index (χ3n) is 4.14. The Morgan fingerprint density at radius 1 is 1.32 bits per heavy atom. The predicted molar refractivity (Wildman–Crippen MR) is 93.5 cm³/mol. The van der Waals surface area contributed by atoms with E-state index in [0.717, 1.165) is 40.1 Å². The van der Waals surface area contributed by atoms with Crippen molar-refractivity contribution in [1.82, 2.24) is 4.90 Å². The molecular formula is C17H19ClN2OS. The van der Waals surface area contributed by atoms with E-state index in [2.05, 4.69) is 0 Å². The average Bonchev–Trinajstić information content (AvgIpc) is 3.01. The molecule has 1 heterocycles. The second-order valence-corrected chi connectivity index (χ2v) is 6.93. The smallest absolute Gasteiger partial charge is 0.233 e. The van der Waals surface area contributed by atoms with Gasteiger partial charge >= 0.3 is 0 Å².